The molecule has 9 heteroatoms. The molecular weight excluding hydrogens is 442 g/mol. The van der Waals surface area contributed by atoms with E-state index in [9.17, 15) is 14.4 Å². The number of nitriles is 1. The molecule has 0 aliphatic rings. The Hall–Kier alpha value is -3.51. The van der Waals surface area contributed by atoms with Crippen LogP contribution in [0.1, 0.15) is 31.1 Å². The van der Waals surface area contributed by atoms with Gasteiger partial charge in [0.15, 0.2) is 6.61 Å². The third kappa shape index (κ3) is 8.16. The van der Waals surface area contributed by atoms with Crippen LogP contribution in [0.5, 0.6) is 5.75 Å². The van der Waals surface area contributed by atoms with Crippen LogP contribution in [0.3, 0.4) is 0 Å². The van der Waals surface area contributed by atoms with Crippen LogP contribution in [-0.2, 0) is 14.3 Å². The number of nitrogens with zero attached hydrogens (tertiary/aromatic N) is 1. The average molecular weight is 470 g/mol. The summed E-state index contributed by atoms with van der Waals surface area (Å²) in [6.07, 6.45) is 0. The Morgan fingerprint density at radius 2 is 1.79 bits per heavy atom. The maximum atomic E-state index is 12.6. The number of carbonyl (C=O) groups is 3. The van der Waals surface area contributed by atoms with Crippen molar-refractivity contribution in [1.82, 2.24) is 5.32 Å². The van der Waals surface area contributed by atoms with Gasteiger partial charge in [-0.2, -0.15) is 5.26 Å². The second-order valence-electron chi connectivity index (χ2n) is 7.25. The van der Waals surface area contributed by atoms with Gasteiger partial charge in [-0.05, 0) is 49.2 Å². The SMILES string of the molecule is CCOc1ccc(C(=O)NC(C(=O)OCC(=O)Nc2ccccc2SCC#N)C(C)C)cc1. The second kappa shape index (κ2) is 13.1. The second-order valence-corrected chi connectivity index (χ2v) is 8.27. The molecule has 1 atom stereocenters. The van der Waals surface area contributed by atoms with Gasteiger partial charge in [-0.1, -0.05) is 26.0 Å². The molecule has 2 amide bonds. The van der Waals surface area contributed by atoms with Crippen LogP contribution < -0.4 is 15.4 Å². The number of esters is 1. The number of hydrogen-bond acceptors (Lipinski definition) is 7. The Labute approximate surface area is 197 Å². The molecule has 0 spiro atoms. The van der Waals surface area contributed by atoms with E-state index in [1.807, 2.05) is 13.0 Å². The quantitative estimate of drug-likeness (QED) is 0.381. The topological polar surface area (TPSA) is 118 Å². The zero-order valence-corrected chi connectivity index (χ0v) is 19.6. The zero-order chi connectivity index (χ0) is 24.2. The van der Waals surface area contributed by atoms with E-state index >= 15 is 0 Å². The van der Waals surface area contributed by atoms with E-state index in [0.717, 1.165) is 4.90 Å². The lowest BCUT2D eigenvalue weighted by Gasteiger charge is -2.21. The number of benzene rings is 2. The van der Waals surface area contributed by atoms with Gasteiger partial charge in [-0.25, -0.2) is 4.79 Å². The Morgan fingerprint density at radius 1 is 1.09 bits per heavy atom. The van der Waals surface area contributed by atoms with Gasteiger partial charge in [0.05, 0.1) is 24.1 Å². The van der Waals surface area contributed by atoms with Crippen molar-refractivity contribution in [3.8, 4) is 11.8 Å². The molecule has 0 aromatic heterocycles. The summed E-state index contributed by atoms with van der Waals surface area (Å²) in [5.41, 5.74) is 0.907. The summed E-state index contributed by atoms with van der Waals surface area (Å²) in [5.74, 6) is -1.02. The lowest BCUT2D eigenvalue weighted by molar-refractivity contribution is -0.150. The number of para-hydroxylation sites is 1. The van der Waals surface area contributed by atoms with Crippen LogP contribution in [0.2, 0.25) is 0 Å². The zero-order valence-electron chi connectivity index (χ0n) is 18.8. The molecule has 2 aromatic carbocycles. The highest BCUT2D eigenvalue weighted by Crippen LogP contribution is 2.26. The van der Waals surface area contributed by atoms with Gasteiger partial charge in [0.1, 0.15) is 11.8 Å². The molecular formula is C24H27N3O5S. The van der Waals surface area contributed by atoms with Crippen LogP contribution in [-0.4, -0.2) is 42.8 Å². The Kier molecular flexibility index (Phi) is 10.2. The number of thioether (sulfide) groups is 1. The van der Waals surface area contributed by atoms with Crippen molar-refractivity contribution in [2.24, 2.45) is 5.92 Å². The largest absolute Gasteiger partial charge is 0.494 e. The average Bonchev–Trinajstić information content (AvgIpc) is 2.80. The third-order valence-corrected chi connectivity index (χ3v) is 5.37. The highest BCUT2D eigenvalue weighted by atomic mass is 32.2. The number of nitrogens with one attached hydrogen (secondary N) is 2. The fourth-order valence-corrected chi connectivity index (χ4v) is 3.48. The standard InChI is InChI=1S/C24H27N3O5S/c1-4-31-18-11-9-17(10-12-18)23(29)27-22(16(2)3)24(30)32-15-21(28)26-19-7-5-6-8-20(19)33-14-13-25/h5-12,16,22H,4,14-15H2,1-3H3,(H,26,28)(H,27,29). The molecule has 0 saturated heterocycles. The summed E-state index contributed by atoms with van der Waals surface area (Å²) < 4.78 is 10.5. The molecule has 2 N–H and O–H groups in total. The van der Waals surface area contributed by atoms with Crippen molar-refractivity contribution >= 4 is 35.2 Å². The first kappa shape index (κ1) is 25.7. The van der Waals surface area contributed by atoms with Gasteiger partial charge in [-0.3, -0.25) is 9.59 Å². The van der Waals surface area contributed by atoms with Gasteiger partial charge < -0.3 is 20.1 Å². The predicted octanol–water partition coefficient (Wildman–Crippen LogP) is 3.64. The molecule has 0 fully saturated rings. The normalized spacial score (nSPS) is 11.2. The number of anilines is 1. The van der Waals surface area contributed by atoms with Gasteiger partial charge in [0.25, 0.3) is 11.8 Å². The lowest BCUT2D eigenvalue weighted by atomic mass is 10.0. The van der Waals surface area contributed by atoms with Crippen LogP contribution in [0.4, 0.5) is 5.69 Å². The number of amides is 2. The fourth-order valence-electron chi connectivity index (χ4n) is 2.81. The first-order chi connectivity index (χ1) is 15.8. The van der Waals surface area contributed by atoms with Gasteiger partial charge in [-0.15, -0.1) is 11.8 Å². The van der Waals surface area contributed by atoms with E-state index in [1.54, 1.807) is 62.4 Å². The Bertz CT molecular complexity index is 1000. The van der Waals surface area contributed by atoms with Crippen molar-refractivity contribution in [2.45, 2.75) is 31.7 Å². The lowest BCUT2D eigenvalue weighted by Crippen LogP contribution is -2.45. The van der Waals surface area contributed by atoms with Crippen molar-refractivity contribution in [3.63, 3.8) is 0 Å². The Balaban J connectivity index is 1.94. The molecule has 0 heterocycles. The smallest absolute Gasteiger partial charge is 0.329 e. The predicted molar refractivity (Wildman–Crippen MR) is 126 cm³/mol. The molecule has 8 nitrogen and oxygen atoms in total. The van der Waals surface area contributed by atoms with E-state index in [0.29, 0.717) is 23.6 Å². The molecule has 0 aliphatic carbocycles. The molecule has 174 valence electrons. The van der Waals surface area contributed by atoms with E-state index in [-0.39, 0.29) is 11.7 Å². The summed E-state index contributed by atoms with van der Waals surface area (Å²) in [4.78, 5) is 38.2. The first-order valence-electron chi connectivity index (χ1n) is 10.4. The summed E-state index contributed by atoms with van der Waals surface area (Å²) in [6.45, 7) is 5.43. The fraction of sp³-hybridized carbons (Fsp3) is 0.333. The molecule has 0 bridgehead atoms. The maximum absolute atomic E-state index is 12.6. The van der Waals surface area contributed by atoms with E-state index in [2.05, 4.69) is 10.6 Å². The first-order valence-corrected chi connectivity index (χ1v) is 11.4. The highest BCUT2D eigenvalue weighted by Gasteiger charge is 2.27. The van der Waals surface area contributed by atoms with E-state index in [4.69, 9.17) is 14.7 Å². The number of hydrogen-bond donors (Lipinski definition) is 2. The van der Waals surface area contributed by atoms with Gasteiger partial charge >= 0.3 is 5.97 Å². The van der Waals surface area contributed by atoms with Crippen LogP contribution in [0.15, 0.2) is 53.4 Å². The molecule has 0 radical (unpaired) electrons. The molecule has 2 rings (SSSR count). The Morgan fingerprint density at radius 3 is 2.42 bits per heavy atom. The van der Waals surface area contributed by atoms with Crippen molar-refractivity contribution in [1.29, 1.82) is 5.26 Å². The van der Waals surface area contributed by atoms with Gasteiger partial charge in [0, 0.05) is 10.5 Å². The molecule has 2 aromatic rings. The van der Waals surface area contributed by atoms with E-state index < -0.39 is 30.4 Å². The number of carbonyl (C=O) groups excluding carboxylic acids is 3. The minimum atomic E-state index is -0.921. The monoisotopic (exact) mass is 469 g/mol. The maximum Gasteiger partial charge on any atom is 0.329 e. The van der Waals surface area contributed by atoms with Crippen LogP contribution >= 0.6 is 11.8 Å². The number of ether oxygens (including phenoxy) is 2. The summed E-state index contributed by atoms with van der Waals surface area (Å²) in [6, 6.07) is 14.7. The summed E-state index contributed by atoms with van der Waals surface area (Å²) >= 11 is 1.29. The van der Waals surface area contributed by atoms with Gasteiger partial charge in [0.2, 0.25) is 0 Å². The summed E-state index contributed by atoms with van der Waals surface area (Å²) in [5, 5.41) is 14.1. The van der Waals surface area contributed by atoms with Crippen molar-refractivity contribution < 1.29 is 23.9 Å². The third-order valence-electron chi connectivity index (χ3n) is 4.43. The van der Waals surface area contributed by atoms with Crippen LogP contribution in [0.25, 0.3) is 0 Å². The molecule has 1 unspecified atom stereocenters. The van der Waals surface area contributed by atoms with E-state index in [1.165, 1.54) is 11.8 Å². The minimum absolute atomic E-state index is 0.242. The van der Waals surface area contributed by atoms with Crippen LogP contribution in [0, 0.1) is 17.2 Å². The summed E-state index contributed by atoms with van der Waals surface area (Å²) in [7, 11) is 0. The molecule has 33 heavy (non-hydrogen) atoms. The minimum Gasteiger partial charge on any atom is -0.494 e. The number of rotatable bonds is 11. The highest BCUT2D eigenvalue weighted by molar-refractivity contribution is 7.99. The molecule has 0 saturated carbocycles. The van der Waals surface area contributed by atoms with Crippen molar-refractivity contribution in [2.75, 3.05) is 24.3 Å². The van der Waals surface area contributed by atoms with Crippen molar-refractivity contribution in [3.05, 3.63) is 54.1 Å². The molecule has 0 aliphatic heterocycles.